The molecule has 0 unspecified atom stereocenters. The Bertz CT molecular complexity index is 647. The number of hydrogen-bond acceptors (Lipinski definition) is 2. The molecule has 21 heavy (non-hydrogen) atoms. The van der Waals surface area contributed by atoms with Crippen molar-refractivity contribution >= 4 is 5.91 Å². The summed E-state index contributed by atoms with van der Waals surface area (Å²) in [4.78, 5) is 14.7. The lowest BCUT2D eigenvalue weighted by molar-refractivity contribution is 0.0705. The van der Waals surface area contributed by atoms with Gasteiger partial charge in [-0.15, -0.1) is 0 Å². The molecule has 2 heterocycles. The fraction of sp³-hybridized carbons (Fsp3) is 0.412. The number of piperidine rings is 1. The molecule has 110 valence electrons. The van der Waals surface area contributed by atoms with Crippen LogP contribution >= 0.6 is 0 Å². The molecule has 3 rings (SSSR count). The average Bonchev–Trinajstić information content (AvgIpc) is 2.93. The summed E-state index contributed by atoms with van der Waals surface area (Å²) in [5, 5.41) is 7.21. The van der Waals surface area contributed by atoms with Crippen molar-refractivity contribution in [2.24, 2.45) is 0 Å². The van der Waals surface area contributed by atoms with Gasteiger partial charge >= 0.3 is 0 Å². The molecule has 1 N–H and O–H groups in total. The van der Waals surface area contributed by atoms with E-state index in [1.54, 1.807) is 0 Å². The normalized spacial score (nSPS) is 18.8. The minimum absolute atomic E-state index is 0.148. The zero-order valence-corrected chi connectivity index (χ0v) is 12.6. The summed E-state index contributed by atoms with van der Waals surface area (Å²) in [6.45, 7) is 5.68. The quantitative estimate of drug-likeness (QED) is 0.921. The first-order valence-electron chi connectivity index (χ1n) is 7.51. The summed E-state index contributed by atoms with van der Waals surface area (Å²) in [5.74, 6) is 0.518. The zero-order valence-electron chi connectivity index (χ0n) is 12.6. The molecule has 2 aromatic rings. The summed E-state index contributed by atoms with van der Waals surface area (Å²) in [6, 6.07) is 7.82. The number of carbonyl (C=O) groups excluding carboxylic acids is 1. The molecular formula is C17H21N3O. The first-order valence-corrected chi connectivity index (χ1v) is 7.51. The van der Waals surface area contributed by atoms with Gasteiger partial charge in [-0.1, -0.05) is 18.2 Å². The number of carbonyl (C=O) groups is 1. The zero-order chi connectivity index (χ0) is 14.8. The second-order valence-electron chi connectivity index (χ2n) is 5.87. The number of aryl methyl sites for hydroxylation is 2. The Labute approximate surface area is 125 Å². The smallest absolute Gasteiger partial charge is 0.254 e. The number of likely N-dealkylation sites (tertiary alicyclic amines) is 1. The third-order valence-corrected chi connectivity index (χ3v) is 4.36. The summed E-state index contributed by atoms with van der Waals surface area (Å²) in [7, 11) is 0. The third kappa shape index (κ3) is 2.71. The van der Waals surface area contributed by atoms with Gasteiger partial charge in [-0.2, -0.15) is 5.10 Å². The fourth-order valence-electron chi connectivity index (χ4n) is 3.15. The molecule has 1 aromatic heterocycles. The Kier molecular flexibility index (Phi) is 3.78. The SMILES string of the molecule is Cc1ccccc1C(=O)N1CCC[C@H](c2[nH]ncc2C)C1. The molecule has 1 saturated heterocycles. The monoisotopic (exact) mass is 283 g/mol. The highest BCUT2D eigenvalue weighted by Gasteiger charge is 2.27. The van der Waals surface area contributed by atoms with Crippen molar-refractivity contribution in [3.05, 3.63) is 52.8 Å². The van der Waals surface area contributed by atoms with Crippen molar-refractivity contribution in [2.45, 2.75) is 32.6 Å². The lowest BCUT2D eigenvalue weighted by Gasteiger charge is -2.33. The number of nitrogens with zero attached hydrogens (tertiary/aromatic N) is 2. The largest absolute Gasteiger partial charge is 0.338 e. The van der Waals surface area contributed by atoms with E-state index in [4.69, 9.17) is 0 Å². The molecule has 1 amide bonds. The van der Waals surface area contributed by atoms with E-state index in [-0.39, 0.29) is 5.91 Å². The summed E-state index contributed by atoms with van der Waals surface area (Å²) < 4.78 is 0. The molecule has 1 aliphatic heterocycles. The van der Waals surface area contributed by atoms with E-state index in [0.717, 1.165) is 37.1 Å². The minimum atomic E-state index is 0.148. The van der Waals surface area contributed by atoms with Crippen molar-refractivity contribution < 1.29 is 4.79 Å². The lowest BCUT2D eigenvalue weighted by Crippen LogP contribution is -2.39. The van der Waals surface area contributed by atoms with Gasteiger partial charge in [0.05, 0.1) is 6.20 Å². The molecule has 1 aromatic carbocycles. The van der Waals surface area contributed by atoms with Crippen LogP contribution in [0.25, 0.3) is 0 Å². The first-order chi connectivity index (χ1) is 10.2. The summed E-state index contributed by atoms with van der Waals surface area (Å²) >= 11 is 0. The molecule has 0 bridgehead atoms. The maximum atomic E-state index is 12.7. The van der Waals surface area contributed by atoms with Crippen LogP contribution in [0.3, 0.4) is 0 Å². The number of H-pyrrole nitrogens is 1. The van der Waals surface area contributed by atoms with Crippen LogP contribution in [0.2, 0.25) is 0 Å². The second kappa shape index (κ2) is 5.72. The van der Waals surface area contributed by atoms with Gasteiger partial charge in [-0.05, 0) is 43.9 Å². The molecule has 4 heteroatoms. The molecule has 0 radical (unpaired) electrons. The van der Waals surface area contributed by atoms with Crippen LogP contribution < -0.4 is 0 Å². The molecule has 0 spiro atoms. The van der Waals surface area contributed by atoms with Gasteiger partial charge in [0.25, 0.3) is 5.91 Å². The molecule has 1 fully saturated rings. The number of rotatable bonds is 2. The summed E-state index contributed by atoms with van der Waals surface area (Å²) in [5.41, 5.74) is 4.23. The predicted molar refractivity (Wildman–Crippen MR) is 82.4 cm³/mol. The fourth-order valence-corrected chi connectivity index (χ4v) is 3.15. The molecule has 4 nitrogen and oxygen atoms in total. The van der Waals surface area contributed by atoms with Crippen LogP contribution in [-0.4, -0.2) is 34.1 Å². The van der Waals surface area contributed by atoms with E-state index in [1.165, 1.54) is 11.3 Å². The van der Waals surface area contributed by atoms with E-state index in [9.17, 15) is 4.79 Å². The van der Waals surface area contributed by atoms with Gasteiger partial charge in [-0.3, -0.25) is 9.89 Å². The number of aromatic amines is 1. The highest BCUT2D eigenvalue weighted by molar-refractivity contribution is 5.95. The number of nitrogens with one attached hydrogen (secondary N) is 1. The van der Waals surface area contributed by atoms with Gasteiger partial charge in [0.2, 0.25) is 0 Å². The lowest BCUT2D eigenvalue weighted by atomic mass is 9.92. The van der Waals surface area contributed by atoms with Crippen molar-refractivity contribution in [1.29, 1.82) is 0 Å². The second-order valence-corrected chi connectivity index (χ2v) is 5.87. The maximum absolute atomic E-state index is 12.7. The Morgan fingerprint density at radius 2 is 2.10 bits per heavy atom. The standard InChI is InChI=1S/C17H21N3O/c1-12-6-3-4-8-15(12)17(21)20-9-5-7-14(11-20)16-13(2)10-18-19-16/h3-4,6,8,10,14H,5,7,9,11H2,1-2H3,(H,18,19)/t14-/m0/s1. The van der Waals surface area contributed by atoms with Crippen LogP contribution in [0.15, 0.2) is 30.5 Å². The van der Waals surface area contributed by atoms with E-state index in [0.29, 0.717) is 5.92 Å². The number of benzene rings is 1. The molecule has 1 aliphatic rings. The molecule has 0 aliphatic carbocycles. The average molecular weight is 283 g/mol. The Morgan fingerprint density at radius 1 is 1.29 bits per heavy atom. The van der Waals surface area contributed by atoms with Gasteiger partial charge in [-0.25, -0.2) is 0 Å². The van der Waals surface area contributed by atoms with E-state index in [2.05, 4.69) is 17.1 Å². The topological polar surface area (TPSA) is 49.0 Å². The highest BCUT2D eigenvalue weighted by Crippen LogP contribution is 2.28. The van der Waals surface area contributed by atoms with Crippen LogP contribution in [0.1, 0.15) is 45.9 Å². The number of amides is 1. The predicted octanol–water partition coefficient (Wildman–Crippen LogP) is 3.05. The third-order valence-electron chi connectivity index (χ3n) is 4.36. The Morgan fingerprint density at radius 3 is 2.81 bits per heavy atom. The first kappa shape index (κ1) is 13.9. The highest BCUT2D eigenvalue weighted by atomic mass is 16.2. The molecule has 0 saturated carbocycles. The van der Waals surface area contributed by atoms with Crippen LogP contribution in [-0.2, 0) is 0 Å². The van der Waals surface area contributed by atoms with Crippen molar-refractivity contribution in [3.63, 3.8) is 0 Å². The van der Waals surface area contributed by atoms with E-state index >= 15 is 0 Å². The van der Waals surface area contributed by atoms with Crippen LogP contribution in [0.5, 0.6) is 0 Å². The van der Waals surface area contributed by atoms with Gasteiger partial charge in [0, 0.05) is 30.3 Å². The van der Waals surface area contributed by atoms with Crippen LogP contribution in [0, 0.1) is 13.8 Å². The maximum Gasteiger partial charge on any atom is 0.254 e. The van der Waals surface area contributed by atoms with Crippen molar-refractivity contribution in [1.82, 2.24) is 15.1 Å². The molecule has 1 atom stereocenters. The Hall–Kier alpha value is -2.10. The van der Waals surface area contributed by atoms with E-state index in [1.807, 2.05) is 42.3 Å². The molecular weight excluding hydrogens is 262 g/mol. The summed E-state index contributed by atoms with van der Waals surface area (Å²) in [6.07, 6.45) is 4.01. The van der Waals surface area contributed by atoms with Crippen LogP contribution in [0.4, 0.5) is 0 Å². The van der Waals surface area contributed by atoms with Gasteiger partial charge < -0.3 is 4.90 Å². The number of hydrogen-bond donors (Lipinski definition) is 1. The van der Waals surface area contributed by atoms with E-state index < -0.39 is 0 Å². The minimum Gasteiger partial charge on any atom is -0.338 e. The van der Waals surface area contributed by atoms with Gasteiger partial charge in [0.15, 0.2) is 0 Å². The van der Waals surface area contributed by atoms with Gasteiger partial charge in [0.1, 0.15) is 0 Å². The number of aromatic nitrogens is 2. The Balaban J connectivity index is 1.79. The van der Waals surface area contributed by atoms with Crippen molar-refractivity contribution in [3.8, 4) is 0 Å². The van der Waals surface area contributed by atoms with Crippen molar-refractivity contribution in [2.75, 3.05) is 13.1 Å².